The highest BCUT2D eigenvalue weighted by Gasteiger charge is 2.11. The molecule has 116 valence electrons. The van der Waals surface area contributed by atoms with Gasteiger partial charge in [-0.05, 0) is 49.7 Å². The van der Waals surface area contributed by atoms with Gasteiger partial charge in [0.1, 0.15) is 5.52 Å². The summed E-state index contributed by atoms with van der Waals surface area (Å²) >= 11 is 5.91. The van der Waals surface area contributed by atoms with Gasteiger partial charge in [-0.25, -0.2) is 9.78 Å². The summed E-state index contributed by atoms with van der Waals surface area (Å²) in [6.45, 7) is 3.76. The molecule has 3 aromatic rings. The molecule has 0 unspecified atom stereocenters. The number of aryl methyl sites for hydroxylation is 2. The molecule has 1 N–H and O–H groups in total. The van der Waals surface area contributed by atoms with E-state index in [4.69, 9.17) is 16.3 Å². The number of fused-ring (bicyclic) bond motifs is 1. The van der Waals surface area contributed by atoms with Crippen molar-refractivity contribution in [3.8, 4) is 5.75 Å². The molecule has 0 atom stereocenters. The van der Waals surface area contributed by atoms with Gasteiger partial charge in [-0.15, -0.1) is 0 Å². The highest BCUT2D eigenvalue weighted by atomic mass is 35.5. The number of ether oxygens (including phenoxy) is 1. The second-order valence-corrected chi connectivity index (χ2v) is 5.69. The molecular weight excluding hydrogens is 312 g/mol. The Bertz CT molecular complexity index is 893. The second kappa shape index (κ2) is 6.26. The number of benzene rings is 2. The van der Waals surface area contributed by atoms with E-state index in [1.165, 1.54) is 0 Å². The second-order valence-electron chi connectivity index (χ2n) is 5.25. The third-order valence-electron chi connectivity index (χ3n) is 3.45. The van der Waals surface area contributed by atoms with Crippen molar-refractivity contribution in [2.45, 2.75) is 13.8 Å². The minimum atomic E-state index is -0.564. The van der Waals surface area contributed by atoms with Crippen LogP contribution in [0.4, 0.5) is 10.5 Å². The van der Waals surface area contributed by atoms with Gasteiger partial charge in [0.2, 0.25) is 0 Å². The molecule has 0 radical (unpaired) electrons. The predicted octanol–water partition coefficient (Wildman–Crippen LogP) is 5.12. The Labute approximate surface area is 139 Å². The number of halogens is 1. The summed E-state index contributed by atoms with van der Waals surface area (Å²) in [5, 5.41) is 4.26. The van der Waals surface area contributed by atoms with E-state index >= 15 is 0 Å². The zero-order valence-electron chi connectivity index (χ0n) is 12.8. The van der Waals surface area contributed by atoms with Crippen molar-refractivity contribution in [2.24, 2.45) is 0 Å². The number of amides is 1. The third-order valence-corrected chi connectivity index (χ3v) is 3.69. The van der Waals surface area contributed by atoms with Crippen LogP contribution in [0.25, 0.3) is 10.9 Å². The first-order valence-electron chi connectivity index (χ1n) is 7.14. The van der Waals surface area contributed by atoms with Gasteiger partial charge in [-0.2, -0.15) is 0 Å². The van der Waals surface area contributed by atoms with Gasteiger partial charge in [-0.1, -0.05) is 29.8 Å². The number of nitrogens with one attached hydrogen (secondary N) is 1. The average Bonchev–Trinajstić information content (AvgIpc) is 2.51. The predicted molar refractivity (Wildman–Crippen MR) is 92.3 cm³/mol. The fraction of sp³-hybridized carbons (Fsp3) is 0.111. The number of hydrogen-bond acceptors (Lipinski definition) is 3. The molecule has 3 rings (SSSR count). The van der Waals surface area contributed by atoms with Gasteiger partial charge < -0.3 is 4.74 Å². The summed E-state index contributed by atoms with van der Waals surface area (Å²) in [7, 11) is 0. The van der Waals surface area contributed by atoms with Crippen molar-refractivity contribution in [3.63, 3.8) is 0 Å². The Morgan fingerprint density at radius 2 is 1.96 bits per heavy atom. The number of para-hydroxylation sites is 1. The minimum absolute atomic E-state index is 0.426. The van der Waals surface area contributed by atoms with E-state index in [9.17, 15) is 4.79 Å². The number of anilines is 1. The lowest BCUT2D eigenvalue weighted by molar-refractivity contribution is 0.215. The lowest BCUT2D eigenvalue weighted by Crippen LogP contribution is -2.17. The number of hydrogen-bond donors (Lipinski definition) is 1. The van der Waals surface area contributed by atoms with Crippen LogP contribution in [0.3, 0.4) is 0 Å². The molecule has 1 amide bonds. The third kappa shape index (κ3) is 3.43. The first-order valence-corrected chi connectivity index (χ1v) is 7.52. The lowest BCUT2D eigenvalue weighted by Gasteiger charge is -2.10. The van der Waals surface area contributed by atoms with Crippen LogP contribution in [0.2, 0.25) is 5.02 Å². The summed E-state index contributed by atoms with van der Waals surface area (Å²) in [4.78, 5) is 16.6. The van der Waals surface area contributed by atoms with E-state index < -0.39 is 6.09 Å². The molecule has 23 heavy (non-hydrogen) atoms. The van der Waals surface area contributed by atoms with Gasteiger partial charge in [0.25, 0.3) is 0 Å². The number of aromatic nitrogens is 1. The number of carbonyl (C=O) groups excluding carboxylic acids is 1. The highest BCUT2D eigenvalue weighted by molar-refractivity contribution is 6.30. The molecule has 0 bridgehead atoms. The first kappa shape index (κ1) is 15.3. The maximum Gasteiger partial charge on any atom is 0.417 e. The number of carbonyl (C=O) groups is 1. The molecule has 0 aliphatic carbocycles. The molecule has 0 fully saturated rings. The van der Waals surface area contributed by atoms with E-state index in [1.807, 2.05) is 38.1 Å². The molecule has 0 saturated heterocycles. The molecule has 1 aromatic heterocycles. The fourth-order valence-electron chi connectivity index (χ4n) is 2.30. The van der Waals surface area contributed by atoms with Gasteiger partial charge in [-0.3, -0.25) is 5.32 Å². The van der Waals surface area contributed by atoms with Crippen molar-refractivity contribution in [2.75, 3.05) is 5.32 Å². The number of pyridine rings is 1. The molecular formula is C18H15ClN2O2. The maximum atomic E-state index is 12.2. The molecule has 1 heterocycles. The van der Waals surface area contributed by atoms with Crippen molar-refractivity contribution in [1.82, 2.24) is 4.98 Å². The minimum Gasteiger partial charge on any atom is -0.408 e. The van der Waals surface area contributed by atoms with Crippen molar-refractivity contribution < 1.29 is 9.53 Å². The van der Waals surface area contributed by atoms with E-state index in [1.54, 1.807) is 24.3 Å². The van der Waals surface area contributed by atoms with E-state index in [0.29, 0.717) is 22.0 Å². The Hall–Kier alpha value is -2.59. The molecule has 4 nitrogen and oxygen atoms in total. The van der Waals surface area contributed by atoms with Crippen LogP contribution < -0.4 is 10.1 Å². The molecule has 0 saturated carbocycles. The topological polar surface area (TPSA) is 51.2 Å². The molecule has 0 aliphatic rings. The van der Waals surface area contributed by atoms with Crippen LogP contribution in [0, 0.1) is 13.8 Å². The maximum absolute atomic E-state index is 12.2. The Morgan fingerprint density at radius 1 is 1.13 bits per heavy atom. The highest BCUT2D eigenvalue weighted by Crippen LogP contribution is 2.25. The summed E-state index contributed by atoms with van der Waals surface area (Å²) < 4.78 is 5.43. The van der Waals surface area contributed by atoms with Crippen LogP contribution in [-0.2, 0) is 0 Å². The van der Waals surface area contributed by atoms with Crippen LogP contribution in [-0.4, -0.2) is 11.1 Å². The number of rotatable bonds is 2. The normalized spacial score (nSPS) is 10.6. The van der Waals surface area contributed by atoms with E-state index in [2.05, 4.69) is 10.3 Å². The zero-order chi connectivity index (χ0) is 16.4. The SMILES string of the molecule is Cc1ccc2cccc(OC(=O)Nc3ccc(Cl)cc3C)c2n1. The molecule has 0 spiro atoms. The van der Waals surface area contributed by atoms with Gasteiger partial charge in [0.05, 0.1) is 0 Å². The average molecular weight is 327 g/mol. The fourth-order valence-corrected chi connectivity index (χ4v) is 2.53. The Kier molecular flexibility index (Phi) is 4.17. The largest absolute Gasteiger partial charge is 0.417 e. The standard InChI is InChI=1S/C18H15ClN2O2/c1-11-10-14(19)8-9-15(11)21-18(22)23-16-5-3-4-13-7-6-12(2)20-17(13)16/h3-10H,1-2H3,(H,21,22). The lowest BCUT2D eigenvalue weighted by atomic mass is 10.2. The van der Waals surface area contributed by atoms with E-state index in [-0.39, 0.29) is 0 Å². The number of nitrogens with zero attached hydrogens (tertiary/aromatic N) is 1. The smallest absolute Gasteiger partial charge is 0.408 e. The van der Waals surface area contributed by atoms with E-state index in [0.717, 1.165) is 16.6 Å². The van der Waals surface area contributed by atoms with Gasteiger partial charge in [0, 0.05) is 21.8 Å². The summed E-state index contributed by atoms with van der Waals surface area (Å²) in [5.41, 5.74) is 3.04. The van der Waals surface area contributed by atoms with Crippen LogP contribution in [0.1, 0.15) is 11.3 Å². The summed E-state index contributed by atoms with van der Waals surface area (Å²) in [5.74, 6) is 0.426. The zero-order valence-corrected chi connectivity index (χ0v) is 13.5. The van der Waals surface area contributed by atoms with Crippen molar-refractivity contribution in [3.05, 3.63) is 64.8 Å². The van der Waals surface area contributed by atoms with Crippen LogP contribution in [0.5, 0.6) is 5.75 Å². The van der Waals surface area contributed by atoms with Crippen molar-refractivity contribution in [1.29, 1.82) is 0 Å². The summed E-state index contributed by atoms with van der Waals surface area (Å²) in [6.07, 6.45) is -0.564. The molecule has 0 aliphatic heterocycles. The molecule has 2 aromatic carbocycles. The van der Waals surface area contributed by atoms with Gasteiger partial charge >= 0.3 is 6.09 Å². The van der Waals surface area contributed by atoms with Crippen LogP contribution in [0.15, 0.2) is 48.5 Å². The summed E-state index contributed by atoms with van der Waals surface area (Å²) in [6, 6.07) is 14.6. The van der Waals surface area contributed by atoms with Crippen molar-refractivity contribution >= 4 is 34.3 Å². The van der Waals surface area contributed by atoms with Crippen LogP contribution >= 0.6 is 11.6 Å². The quantitative estimate of drug-likeness (QED) is 0.711. The first-order chi connectivity index (χ1) is 11.0. The Morgan fingerprint density at radius 3 is 2.74 bits per heavy atom. The van der Waals surface area contributed by atoms with Gasteiger partial charge in [0.15, 0.2) is 5.75 Å². The molecule has 5 heteroatoms. The Balaban J connectivity index is 1.84. The monoisotopic (exact) mass is 326 g/mol.